The summed E-state index contributed by atoms with van der Waals surface area (Å²) < 4.78 is 5.07. The van der Waals surface area contributed by atoms with Crippen LogP contribution in [0.15, 0.2) is 0 Å². The minimum Gasteiger partial charge on any atom is -0.479 e. The van der Waals surface area contributed by atoms with E-state index in [1.165, 1.54) is 7.11 Å². The fourth-order valence-corrected chi connectivity index (χ4v) is 1.51. The van der Waals surface area contributed by atoms with E-state index >= 15 is 0 Å². The van der Waals surface area contributed by atoms with Crippen LogP contribution in [0.3, 0.4) is 0 Å². The van der Waals surface area contributed by atoms with Crippen LogP contribution < -0.4 is 0 Å². The lowest BCUT2D eigenvalue weighted by atomic mass is 9.63. The van der Waals surface area contributed by atoms with Crippen molar-refractivity contribution < 1.29 is 14.6 Å². The third-order valence-electron chi connectivity index (χ3n) is 3.74. The molecule has 0 radical (unpaired) electrons. The molecule has 1 N–H and O–H groups in total. The molecule has 0 saturated heterocycles. The maximum Gasteiger partial charge on any atom is 0.333 e. The Morgan fingerprint density at radius 3 is 2.00 bits per heavy atom. The van der Waals surface area contributed by atoms with Gasteiger partial charge in [-0.15, -0.1) is 0 Å². The number of aliphatic carboxylic acids is 1. The number of carboxylic acids is 1. The zero-order valence-electron chi connectivity index (χ0n) is 10.0. The molecule has 0 aliphatic rings. The van der Waals surface area contributed by atoms with E-state index in [9.17, 15) is 4.79 Å². The summed E-state index contributed by atoms with van der Waals surface area (Å²) in [6.07, 6.45) is 0.171. The Bertz CT molecular complexity index is 207. The minimum atomic E-state index is -0.890. The number of carboxylic acid groups (broad SMARTS) is 1. The van der Waals surface area contributed by atoms with E-state index in [1.54, 1.807) is 0 Å². The van der Waals surface area contributed by atoms with Gasteiger partial charge in [-0.05, 0) is 5.41 Å². The maximum absolute atomic E-state index is 11.0. The van der Waals surface area contributed by atoms with Crippen LogP contribution in [-0.2, 0) is 9.53 Å². The predicted octanol–water partition coefficient (Wildman–Crippen LogP) is 2.55. The minimum absolute atomic E-state index is 0.0634. The zero-order chi connectivity index (χ0) is 11.6. The molecule has 0 aromatic rings. The molecule has 0 amide bonds. The molecule has 0 aromatic heterocycles. The molecule has 0 saturated carbocycles. The molecule has 0 aromatic carbocycles. The number of carbonyl (C=O) groups is 1. The smallest absolute Gasteiger partial charge is 0.333 e. The molecule has 0 fully saturated rings. The second kappa shape index (κ2) is 4.30. The van der Waals surface area contributed by atoms with Crippen LogP contribution >= 0.6 is 0 Å². The molecule has 0 rings (SSSR count). The lowest BCUT2D eigenvalue weighted by molar-refractivity contribution is -0.163. The average molecular weight is 202 g/mol. The van der Waals surface area contributed by atoms with Crippen LogP contribution in [-0.4, -0.2) is 24.3 Å². The summed E-state index contributed by atoms with van der Waals surface area (Å²) in [5.41, 5.74) is -0.450. The Morgan fingerprint density at radius 1 is 1.36 bits per heavy atom. The molecular formula is C11H22O3. The van der Waals surface area contributed by atoms with Crippen molar-refractivity contribution in [3.63, 3.8) is 0 Å². The average Bonchev–Trinajstić information content (AvgIpc) is 2.03. The highest BCUT2D eigenvalue weighted by Crippen LogP contribution is 2.44. The molecular weight excluding hydrogens is 180 g/mol. The number of rotatable bonds is 5. The number of ether oxygens (including phenoxy) is 1. The molecule has 0 aliphatic heterocycles. The molecule has 14 heavy (non-hydrogen) atoms. The van der Waals surface area contributed by atoms with Crippen LogP contribution in [0.4, 0.5) is 0 Å². The van der Waals surface area contributed by atoms with Gasteiger partial charge in [0.15, 0.2) is 6.10 Å². The van der Waals surface area contributed by atoms with E-state index in [2.05, 4.69) is 20.8 Å². The van der Waals surface area contributed by atoms with Gasteiger partial charge in [0.1, 0.15) is 0 Å². The fraction of sp³-hybridized carbons (Fsp3) is 0.909. The van der Waals surface area contributed by atoms with Gasteiger partial charge in [-0.1, -0.05) is 41.0 Å². The Labute approximate surface area is 86.5 Å². The third kappa shape index (κ3) is 2.27. The van der Waals surface area contributed by atoms with Crippen molar-refractivity contribution in [1.82, 2.24) is 0 Å². The van der Waals surface area contributed by atoms with Crippen molar-refractivity contribution >= 4 is 5.97 Å². The van der Waals surface area contributed by atoms with Crippen LogP contribution in [0.2, 0.25) is 0 Å². The molecule has 0 aliphatic carbocycles. The van der Waals surface area contributed by atoms with Gasteiger partial charge >= 0.3 is 5.97 Å². The lowest BCUT2D eigenvalue weighted by Crippen LogP contribution is -2.47. The highest BCUT2D eigenvalue weighted by atomic mass is 16.5. The van der Waals surface area contributed by atoms with Crippen molar-refractivity contribution in [2.75, 3.05) is 7.11 Å². The number of methoxy groups -OCH3 is 1. The first-order valence-electron chi connectivity index (χ1n) is 4.96. The van der Waals surface area contributed by atoms with E-state index in [4.69, 9.17) is 9.84 Å². The van der Waals surface area contributed by atoms with Gasteiger partial charge in [0, 0.05) is 12.5 Å². The van der Waals surface area contributed by atoms with Gasteiger partial charge in [0.05, 0.1) is 0 Å². The summed E-state index contributed by atoms with van der Waals surface area (Å²) in [6.45, 7) is 10.1. The van der Waals surface area contributed by atoms with Crippen LogP contribution in [0.25, 0.3) is 0 Å². The summed E-state index contributed by atoms with van der Waals surface area (Å²) in [5, 5.41) is 9.04. The van der Waals surface area contributed by atoms with Crippen LogP contribution in [0.1, 0.15) is 41.0 Å². The molecule has 1 unspecified atom stereocenters. The van der Waals surface area contributed by atoms with Crippen molar-refractivity contribution in [1.29, 1.82) is 0 Å². The molecule has 84 valence electrons. The molecule has 3 heteroatoms. The molecule has 0 heterocycles. The van der Waals surface area contributed by atoms with Gasteiger partial charge in [-0.2, -0.15) is 0 Å². The molecule has 1 atom stereocenters. The first kappa shape index (κ1) is 13.4. The highest BCUT2D eigenvalue weighted by Gasteiger charge is 2.45. The number of hydrogen-bond acceptors (Lipinski definition) is 2. The quantitative estimate of drug-likeness (QED) is 0.745. The van der Waals surface area contributed by atoms with E-state index in [1.807, 2.05) is 13.8 Å². The summed E-state index contributed by atoms with van der Waals surface area (Å²) >= 11 is 0. The SMILES string of the molecule is CCC(C)(C)C(C)(C)C(OC)C(=O)O. The first-order chi connectivity index (χ1) is 6.20. The van der Waals surface area contributed by atoms with Gasteiger partial charge in [0.2, 0.25) is 0 Å². The Morgan fingerprint density at radius 2 is 1.79 bits per heavy atom. The topological polar surface area (TPSA) is 46.5 Å². The monoisotopic (exact) mass is 202 g/mol. The second-order valence-electron chi connectivity index (χ2n) is 4.91. The van der Waals surface area contributed by atoms with Gasteiger partial charge in [-0.3, -0.25) is 0 Å². The van der Waals surface area contributed by atoms with Crippen molar-refractivity contribution in [2.45, 2.75) is 47.1 Å². The zero-order valence-corrected chi connectivity index (χ0v) is 10.0. The van der Waals surface area contributed by atoms with Crippen molar-refractivity contribution in [2.24, 2.45) is 10.8 Å². The second-order valence-corrected chi connectivity index (χ2v) is 4.91. The van der Waals surface area contributed by atoms with Gasteiger partial charge in [0.25, 0.3) is 0 Å². The van der Waals surface area contributed by atoms with Crippen molar-refractivity contribution in [3.05, 3.63) is 0 Å². The maximum atomic E-state index is 11.0. The van der Waals surface area contributed by atoms with E-state index in [0.29, 0.717) is 0 Å². The summed E-state index contributed by atoms with van der Waals surface area (Å²) in [4.78, 5) is 11.0. The fourth-order valence-electron chi connectivity index (χ4n) is 1.51. The summed E-state index contributed by atoms with van der Waals surface area (Å²) in [7, 11) is 1.45. The van der Waals surface area contributed by atoms with Crippen molar-refractivity contribution in [3.8, 4) is 0 Å². The van der Waals surface area contributed by atoms with E-state index in [-0.39, 0.29) is 10.8 Å². The molecule has 3 nitrogen and oxygen atoms in total. The van der Waals surface area contributed by atoms with E-state index < -0.39 is 12.1 Å². The molecule has 0 bridgehead atoms. The van der Waals surface area contributed by atoms with Crippen LogP contribution in [0.5, 0.6) is 0 Å². The Balaban J connectivity index is 5.00. The lowest BCUT2D eigenvalue weighted by Gasteiger charge is -2.44. The van der Waals surface area contributed by atoms with Crippen LogP contribution in [0, 0.1) is 10.8 Å². The highest BCUT2D eigenvalue weighted by molar-refractivity contribution is 5.73. The van der Waals surface area contributed by atoms with Gasteiger partial charge < -0.3 is 9.84 Å². The standard InChI is InChI=1S/C11H22O3/c1-7-10(2,3)11(4,5)8(14-6)9(12)13/h8H,7H2,1-6H3,(H,12,13). The number of hydrogen-bond donors (Lipinski definition) is 1. The summed E-state index contributed by atoms with van der Waals surface area (Å²) in [6, 6.07) is 0. The Hall–Kier alpha value is -0.570. The van der Waals surface area contributed by atoms with Gasteiger partial charge in [-0.25, -0.2) is 4.79 Å². The normalized spacial score (nSPS) is 15.3. The predicted molar refractivity (Wildman–Crippen MR) is 56.3 cm³/mol. The van der Waals surface area contributed by atoms with E-state index in [0.717, 1.165) is 6.42 Å². The Kier molecular flexibility index (Phi) is 4.13. The first-order valence-corrected chi connectivity index (χ1v) is 4.96. The summed E-state index contributed by atoms with van der Waals surface area (Å²) in [5.74, 6) is -0.890. The largest absolute Gasteiger partial charge is 0.479 e. The third-order valence-corrected chi connectivity index (χ3v) is 3.74. The molecule has 0 spiro atoms.